The maximum atomic E-state index is 13.0. The first-order valence-corrected chi connectivity index (χ1v) is 10.9. The monoisotopic (exact) mass is 520 g/mol. The van der Waals surface area contributed by atoms with E-state index in [0.29, 0.717) is 5.56 Å². The molecule has 0 aliphatic carbocycles. The van der Waals surface area contributed by atoms with E-state index in [4.69, 9.17) is 27.9 Å². The number of aromatic hydroxyl groups is 1. The fraction of sp³-hybridized carbons (Fsp3) is 0.125. The molecule has 0 atom stereocenters. The minimum atomic E-state index is -1.06. The van der Waals surface area contributed by atoms with E-state index in [1.165, 1.54) is 54.6 Å². The van der Waals surface area contributed by atoms with Crippen molar-refractivity contribution >= 4 is 46.7 Å². The number of ether oxygens (including phenoxy) is 2. The van der Waals surface area contributed by atoms with Crippen LogP contribution in [0.2, 0.25) is 10.0 Å². The number of carbonyl (C=O) groups excluding carboxylic acids is 3. The van der Waals surface area contributed by atoms with Crippen molar-refractivity contribution in [1.29, 1.82) is 0 Å². The van der Waals surface area contributed by atoms with Crippen molar-refractivity contribution in [2.75, 3.05) is 11.9 Å². The molecule has 182 valence electrons. The van der Waals surface area contributed by atoms with Crippen LogP contribution in [0.3, 0.4) is 0 Å². The molecular formula is C24H19Cl2FN2O6. The van der Waals surface area contributed by atoms with E-state index in [-0.39, 0.29) is 51.7 Å². The fourth-order valence-corrected chi connectivity index (χ4v) is 3.43. The Labute approximate surface area is 209 Å². The topological polar surface area (TPSA) is 114 Å². The second-order valence-electron chi connectivity index (χ2n) is 7.03. The first-order valence-electron chi connectivity index (χ1n) is 10.2. The summed E-state index contributed by atoms with van der Waals surface area (Å²) in [4.78, 5) is 35.9. The normalized spacial score (nSPS) is 10.4. The molecule has 0 heterocycles. The van der Waals surface area contributed by atoms with Crippen LogP contribution in [0.15, 0.2) is 54.6 Å². The summed E-state index contributed by atoms with van der Waals surface area (Å²) in [7, 11) is 0. The Balaban J connectivity index is 1.73. The zero-order valence-electron chi connectivity index (χ0n) is 18.2. The number of benzene rings is 3. The summed E-state index contributed by atoms with van der Waals surface area (Å²) >= 11 is 12.5. The van der Waals surface area contributed by atoms with Gasteiger partial charge in [0.2, 0.25) is 0 Å². The molecule has 3 N–H and O–H groups in total. The quantitative estimate of drug-likeness (QED) is 0.296. The number of esters is 1. The molecule has 2 amide bonds. The van der Waals surface area contributed by atoms with Gasteiger partial charge < -0.3 is 25.2 Å². The van der Waals surface area contributed by atoms with Crippen LogP contribution in [-0.4, -0.2) is 29.5 Å². The first kappa shape index (κ1) is 25.8. The summed E-state index contributed by atoms with van der Waals surface area (Å²) in [5.74, 6) is -3.17. The molecule has 3 aromatic rings. The molecule has 0 aromatic heterocycles. The highest BCUT2D eigenvalue weighted by Crippen LogP contribution is 2.39. The van der Waals surface area contributed by atoms with E-state index >= 15 is 0 Å². The molecule has 0 bridgehead atoms. The number of hydrogen-bond donors (Lipinski definition) is 3. The van der Waals surface area contributed by atoms with Gasteiger partial charge in [0, 0.05) is 12.2 Å². The number of hydrogen-bond acceptors (Lipinski definition) is 6. The number of phenols is 1. The van der Waals surface area contributed by atoms with Gasteiger partial charge in [-0.1, -0.05) is 35.3 Å². The van der Waals surface area contributed by atoms with Crippen molar-refractivity contribution in [1.82, 2.24) is 5.32 Å². The third-order valence-electron chi connectivity index (χ3n) is 4.52. The standard InChI is InChI=1S/C24H19Cl2FN2O6/c1-2-34-24(33)23(32)29-15-9-18(25)21(19(26)10-15)35-16-7-8-20(30)17(11-16)22(31)28-12-13-3-5-14(27)6-4-13/h3-11,30H,2,12H2,1H3,(H,28,31)(H,29,32). The second-order valence-corrected chi connectivity index (χ2v) is 7.85. The summed E-state index contributed by atoms with van der Waals surface area (Å²) in [6, 6.07) is 12.2. The molecule has 11 heteroatoms. The smallest absolute Gasteiger partial charge is 0.397 e. The van der Waals surface area contributed by atoms with E-state index in [9.17, 15) is 23.9 Å². The number of rotatable bonds is 7. The van der Waals surface area contributed by atoms with Crippen LogP contribution in [0.1, 0.15) is 22.8 Å². The van der Waals surface area contributed by atoms with E-state index in [1.54, 1.807) is 6.92 Å². The molecule has 0 saturated heterocycles. The molecular weight excluding hydrogens is 502 g/mol. The number of carbonyl (C=O) groups is 3. The number of nitrogens with one attached hydrogen (secondary N) is 2. The third-order valence-corrected chi connectivity index (χ3v) is 5.08. The Bertz CT molecular complexity index is 1240. The van der Waals surface area contributed by atoms with Crippen molar-refractivity contribution in [3.05, 3.63) is 81.6 Å². The molecule has 8 nitrogen and oxygen atoms in total. The molecule has 3 rings (SSSR count). The molecule has 0 radical (unpaired) electrons. The zero-order valence-corrected chi connectivity index (χ0v) is 19.7. The van der Waals surface area contributed by atoms with Gasteiger partial charge in [0.05, 0.1) is 22.2 Å². The lowest BCUT2D eigenvalue weighted by atomic mass is 10.1. The predicted molar refractivity (Wildman–Crippen MR) is 127 cm³/mol. The van der Waals surface area contributed by atoms with Crippen molar-refractivity contribution in [2.24, 2.45) is 0 Å². The molecule has 0 aliphatic heterocycles. The van der Waals surface area contributed by atoms with E-state index in [2.05, 4.69) is 15.4 Å². The van der Waals surface area contributed by atoms with Crippen molar-refractivity contribution < 1.29 is 33.4 Å². The molecule has 0 spiro atoms. The van der Waals surface area contributed by atoms with Gasteiger partial charge in [0.1, 0.15) is 17.3 Å². The maximum absolute atomic E-state index is 13.0. The van der Waals surface area contributed by atoms with Crippen LogP contribution in [0.25, 0.3) is 0 Å². The van der Waals surface area contributed by atoms with Gasteiger partial charge in [-0.15, -0.1) is 0 Å². The van der Waals surface area contributed by atoms with Crippen LogP contribution < -0.4 is 15.4 Å². The summed E-state index contributed by atoms with van der Waals surface area (Å²) in [6.45, 7) is 1.72. The SMILES string of the molecule is CCOC(=O)C(=O)Nc1cc(Cl)c(Oc2ccc(O)c(C(=O)NCc3ccc(F)cc3)c2)c(Cl)c1. The highest BCUT2D eigenvalue weighted by atomic mass is 35.5. The number of amides is 2. The van der Waals surface area contributed by atoms with E-state index < -0.39 is 23.6 Å². The largest absolute Gasteiger partial charge is 0.507 e. The Morgan fingerprint density at radius 1 is 1.00 bits per heavy atom. The highest BCUT2D eigenvalue weighted by Gasteiger charge is 2.19. The Morgan fingerprint density at radius 3 is 2.29 bits per heavy atom. The van der Waals surface area contributed by atoms with Crippen molar-refractivity contribution in [3.8, 4) is 17.2 Å². The van der Waals surface area contributed by atoms with E-state index in [0.717, 1.165) is 0 Å². The molecule has 3 aromatic carbocycles. The number of phenolic OH excluding ortho intramolecular Hbond substituents is 1. The van der Waals surface area contributed by atoms with Crippen LogP contribution in [0, 0.1) is 5.82 Å². The first-order chi connectivity index (χ1) is 16.7. The predicted octanol–water partition coefficient (Wildman–Crippen LogP) is 5.06. The lowest BCUT2D eigenvalue weighted by Crippen LogP contribution is -2.24. The lowest BCUT2D eigenvalue weighted by molar-refractivity contribution is -0.152. The second kappa shape index (κ2) is 11.5. The zero-order chi connectivity index (χ0) is 25.5. The minimum absolute atomic E-state index is 0.00652. The average Bonchev–Trinajstić information content (AvgIpc) is 2.82. The van der Waals surface area contributed by atoms with Gasteiger partial charge in [0.15, 0.2) is 5.75 Å². The maximum Gasteiger partial charge on any atom is 0.397 e. The van der Waals surface area contributed by atoms with E-state index in [1.807, 2.05) is 0 Å². The summed E-state index contributed by atoms with van der Waals surface area (Å²) in [5, 5.41) is 15.1. The van der Waals surface area contributed by atoms with Crippen LogP contribution in [0.4, 0.5) is 10.1 Å². The molecule has 0 fully saturated rings. The van der Waals surface area contributed by atoms with Crippen LogP contribution >= 0.6 is 23.2 Å². The highest BCUT2D eigenvalue weighted by molar-refractivity contribution is 6.39. The van der Waals surface area contributed by atoms with Gasteiger partial charge in [-0.05, 0) is 55.0 Å². The molecule has 0 aliphatic rings. The average molecular weight is 521 g/mol. The van der Waals surface area contributed by atoms with Gasteiger partial charge in [-0.2, -0.15) is 0 Å². The van der Waals surface area contributed by atoms with Crippen molar-refractivity contribution in [3.63, 3.8) is 0 Å². The summed E-state index contributed by atoms with van der Waals surface area (Å²) in [6.07, 6.45) is 0. The molecule has 35 heavy (non-hydrogen) atoms. The summed E-state index contributed by atoms with van der Waals surface area (Å²) < 4.78 is 23.4. The van der Waals surface area contributed by atoms with Gasteiger partial charge in [0.25, 0.3) is 5.91 Å². The van der Waals surface area contributed by atoms with Gasteiger partial charge in [-0.25, -0.2) is 9.18 Å². The van der Waals surface area contributed by atoms with Gasteiger partial charge in [-0.3, -0.25) is 9.59 Å². The molecule has 0 saturated carbocycles. The number of anilines is 1. The van der Waals surface area contributed by atoms with Crippen molar-refractivity contribution in [2.45, 2.75) is 13.5 Å². The third kappa shape index (κ3) is 6.84. The Morgan fingerprint density at radius 2 is 1.66 bits per heavy atom. The summed E-state index contributed by atoms with van der Waals surface area (Å²) in [5.41, 5.74) is 0.729. The van der Waals surface area contributed by atoms with Gasteiger partial charge >= 0.3 is 11.9 Å². The minimum Gasteiger partial charge on any atom is -0.507 e. The number of halogens is 3. The fourth-order valence-electron chi connectivity index (χ4n) is 2.87. The Kier molecular flexibility index (Phi) is 8.51. The van der Waals surface area contributed by atoms with Crippen LogP contribution in [0.5, 0.6) is 17.2 Å². The Hall–Kier alpha value is -3.82. The molecule has 0 unspecified atom stereocenters. The lowest BCUT2D eigenvalue weighted by Gasteiger charge is -2.13. The van der Waals surface area contributed by atoms with Crippen LogP contribution in [-0.2, 0) is 20.9 Å².